The van der Waals surface area contributed by atoms with E-state index in [0.717, 1.165) is 38.8 Å². The van der Waals surface area contributed by atoms with Crippen LogP contribution in [0.3, 0.4) is 0 Å². The first-order valence-corrected chi connectivity index (χ1v) is 5.94. The van der Waals surface area contributed by atoms with E-state index in [0.29, 0.717) is 6.54 Å². The summed E-state index contributed by atoms with van der Waals surface area (Å²) in [5.41, 5.74) is 5.19. The molecule has 0 aromatic heterocycles. The fourth-order valence-corrected chi connectivity index (χ4v) is 2.10. The number of hydrogen-bond donors (Lipinski definition) is 2. The van der Waals surface area contributed by atoms with Gasteiger partial charge in [-0.1, -0.05) is 0 Å². The monoisotopic (exact) mass is 225 g/mol. The SMILES string of the molecule is NCC1(C(=O)NCC(=O)N2CCCC2)CC1. The Morgan fingerprint density at radius 1 is 1.25 bits per heavy atom. The maximum absolute atomic E-state index is 11.7. The Morgan fingerprint density at radius 2 is 1.88 bits per heavy atom. The van der Waals surface area contributed by atoms with Crippen LogP contribution in [0.4, 0.5) is 0 Å². The summed E-state index contributed by atoms with van der Waals surface area (Å²) in [6.45, 7) is 2.17. The molecule has 1 aliphatic carbocycles. The molecule has 5 heteroatoms. The lowest BCUT2D eigenvalue weighted by Gasteiger charge is -2.17. The largest absolute Gasteiger partial charge is 0.347 e. The molecule has 2 amide bonds. The molecule has 1 saturated carbocycles. The normalized spacial score (nSPS) is 21.9. The van der Waals surface area contributed by atoms with Crippen LogP contribution in [-0.4, -0.2) is 42.9 Å². The van der Waals surface area contributed by atoms with Crippen molar-refractivity contribution in [1.29, 1.82) is 0 Å². The number of hydrogen-bond acceptors (Lipinski definition) is 3. The second-order valence-electron chi connectivity index (χ2n) is 4.76. The lowest BCUT2D eigenvalue weighted by Crippen LogP contribution is -2.43. The van der Waals surface area contributed by atoms with Gasteiger partial charge in [-0.25, -0.2) is 0 Å². The van der Waals surface area contributed by atoms with E-state index in [2.05, 4.69) is 5.32 Å². The zero-order valence-electron chi connectivity index (χ0n) is 9.50. The lowest BCUT2D eigenvalue weighted by molar-refractivity contribution is -0.133. The van der Waals surface area contributed by atoms with Crippen molar-refractivity contribution in [3.8, 4) is 0 Å². The molecule has 2 fully saturated rings. The Morgan fingerprint density at radius 3 is 2.38 bits per heavy atom. The summed E-state index contributed by atoms with van der Waals surface area (Å²) in [5.74, 6) is -0.0266. The molecule has 1 saturated heterocycles. The van der Waals surface area contributed by atoms with Gasteiger partial charge in [0.15, 0.2) is 0 Å². The number of nitrogens with one attached hydrogen (secondary N) is 1. The van der Waals surface area contributed by atoms with Gasteiger partial charge >= 0.3 is 0 Å². The van der Waals surface area contributed by atoms with E-state index in [4.69, 9.17) is 5.73 Å². The summed E-state index contributed by atoms with van der Waals surface area (Å²) in [5, 5.41) is 2.70. The minimum absolute atomic E-state index is 0.0265. The van der Waals surface area contributed by atoms with Gasteiger partial charge in [-0.15, -0.1) is 0 Å². The van der Waals surface area contributed by atoms with Crippen LogP contribution in [0.15, 0.2) is 0 Å². The molecule has 1 aliphatic heterocycles. The summed E-state index contributed by atoms with van der Waals surface area (Å²) in [6.07, 6.45) is 3.86. The highest BCUT2D eigenvalue weighted by Gasteiger charge is 2.48. The van der Waals surface area contributed by atoms with Crippen LogP contribution in [0.25, 0.3) is 0 Å². The second-order valence-corrected chi connectivity index (χ2v) is 4.76. The highest BCUT2D eigenvalue weighted by atomic mass is 16.2. The van der Waals surface area contributed by atoms with E-state index < -0.39 is 0 Å². The first-order valence-electron chi connectivity index (χ1n) is 5.94. The van der Waals surface area contributed by atoms with E-state index in [1.807, 2.05) is 4.90 Å². The number of nitrogens with two attached hydrogens (primary N) is 1. The maximum Gasteiger partial charge on any atom is 0.241 e. The van der Waals surface area contributed by atoms with Gasteiger partial charge in [0.1, 0.15) is 0 Å². The van der Waals surface area contributed by atoms with E-state index >= 15 is 0 Å². The minimum Gasteiger partial charge on any atom is -0.347 e. The van der Waals surface area contributed by atoms with E-state index in [1.165, 1.54) is 0 Å². The molecule has 0 radical (unpaired) electrons. The van der Waals surface area contributed by atoms with Gasteiger partial charge in [0.25, 0.3) is 0 Å². The maximum atomic E-state index is 11.7. The summed E-state index contributed by atoms with van der Waals surface area (Å²) in [4.78, 5) is 25.2. The first-order chi connectivity index (χ1) is 7.68. The van der Waals surface area contributed by atoms with Crippen molar-refractivity contribution < 1.29 is 9.59 Å². The first kappa shape index (κ1) is 11.4. The van der Waals surface area contributed by atoms with Gasteiger partial charge in [0, 0.05) is 19.6 Å². The van der Waals surface area contributed by atoms with Crippen LogP contribution in [0.2, 0.25) is 0 Å². The van der Waals surface area contributed by atoms with Crippen molar-refractivity contribution in [2.45, 2.75) is 25.7 Å². The molecule has 3 N–H and O–H groups in total. The average Bonchev–Trinajstić information content (AvgIpc) is 2.91. The van der Waals surface area contributed by atoms with Crippen molar-refractivity contribution >= 4 is 11.8 Å². The highest BCUT2D eigenvalue weighted by molar-refractivity contribution is 5.89. The summed E-state index contributed by atoms with van der Waals surface area (Å²) < 4.78 is 0. The minimum atomic E-state index is -0.356. The Labute approximate surface area is 95.3 Å². The standard InChI is InChI=1S/C11H19N3O2/c12-8-11(3-4-11)10(16)13-7-9(15)14-5-1-2-6-14/h1-8,12H2,(H,13,16). The predicted octanol–water partition coefficient (Wildman–Crippen LogP) is -0.536. The molecule has 0 aromatic rings. The highest BCUT2D eigenvalue weighted by Crippen LogP contribution is 2.44. The molecule has 0 atom stereocenters. The summed E-state index contributed by atoms with van der Waals surface area (Å²) in [7, 11) is 0. The zero-order chi connectivity index (χ0) is 11.6. The van der Waals surface area contributed by atoms with Crippen molar-refractivity contribution in [2.75, 3.05) is 26.2 Å². The average molecular weight is 225 g/mol. The van der Waals surface area contributed by atoms with Crippen molar-refractivity contribution in [3.05, 3.63) is 0 Å². The third-order valence-corrected chi connectivity index (χ3v) is 3.58. The summed E-state index contributed by atoms with van der Waals surface area (Å²) in [6, 6.07) is 0. The molecular weight excluding hydrogens is 206 g/mol. The Kier molecular flexibility index (Phi) is 3.14. The molecule has 5 nitrogen and oxygen atoms in total. The zero-order valence-corrected chi connectivity index (χ0v) is 9.50. The Hall–Kier alpha value is -1.10. The summed E-state index contributed by atoms with van der Waals surface area (Å²) >= 11 is 0. The number of likely N-dealkylation sites (tertiary alicyclic amines) is 1. The topological polar surface area (TPSA) is 75.4 Å². The second kappa shape index (κ2) is 4.41. The fraction of sp³-hybridized carbons (Fsp3) is 0.818. The molecule has 0 aromatic carbocycles. The predicted molar refractivity (Wildman–Crippen MR) is 59.5 cm³/mol. The van der Waals surface area contributed by atoms with Crippen LogP contribution in [-0.2, 0) is 9.59 Å². The van der Waals surface area contributed by atoms with Crippen molar-refractivity contribution in [3.63, 3.8) is 0 Å². The van der Waals surface area contributed by atoms with E-state index in [-0.39, 0.29) is 23.8 Å². The van der Waals surface area contributed by atoms with Crippen molar-refractivity contribution in [1.82, 2.24) is 10.2 Å². The fourth-order valence-electron chi connectivity index (χ4n) is 2.10. The van der Waals surface area contributed by atoms with E-state index in [1.54, 1.807) is 0 Å². The molecular formula is C11H19N3O2. The van der Waals surface area contributed by atoms with Gasteiger partial charge in [-0.05, 0) is 25.7 Å². The molecule has 1 heterocycles. The number of carbonyl (C=O) groups excluding carboxylic acids is 2. The van der Waals surface area contributed by atoms with Gasteiger partial charge in [0.05, 0.1) is 12.0 Å². The number of nitrogens with zero attached hydrogens (tertiary/aromatic N) is 1. The molecule has 16 heavy (non-hydrogen) atoms. The number of amides is 2. The van der Waals surface area contributed by atoms with Crippen LogP contribution in [0, 0.1) is 5.41 Å². The smallest absolute Gasteiger partial charge is 0.241 e. The lowest BCUT2D eigenvalue weighted by atomic mass is 10.1. The van der Waals surface area contributed by atoms with Crippen LogP contribution < -0.4 is 11.1 Å². The molecule has 0 bridgehead atoms. The number of carbonyl (C=O) groups is 2. The van der Waals surface area contributed by atoms with Gasteiger partial charge in [-0.3, -0.25) is 9.59 Å². The molecule has 0 spiro atoms. The van der Waals surface area contributed by atoms with Gasteiger partial charge in [0.2, 0.25) is 11.8 Å². The third kappa shape index (κ3) is 2.19. The van der Waals surface area contributed by atoms with Crippen LogP contribution in [0.1, 0.15) is 25.7 Å². The van der Waals surface area contributed by atoms with Crippen LogP contribution >= 0.6 is 0 Å². The molecule has 0 unspecified atom stereocenters. The molecule has 90 valence electrons. The van der Waals surface area contributed by atoms with Crippen molar-refractivity contribution in [2.24, 2.45) is 11.1 Å². The Bertz CT molecular complexity index is 294. The van der Waals surface area contributed by atoms with Gasteiger partial charge in [-0.2, -0.15) is 0 Å². The van der Waals surface area contributed by atoms with E-state index in [9.17, 15) is 9.59 Å². The number of rotatable bonds is 4. The quantitative estimate of drug-likeness (QED) is 0.675. The molecule has 2 rings (SSSR count). The molecule has 2 aliphatic rings. The van der Waals surface area contributed by atoms with Crippen LogP contribution in [0.5, 0.6) is 0 Å². The third-order valence-electron chi connectivity index (χ3n) is 3.58. The Balaban J connectivity index is 1.74. The van der Waals surface area contributed by atoms with Gasteiger partial charge < -0.3 is 16.0 Å².